The largest absolute Gasteiger partial charge is 0.467 e. The summed E-state index contributed by atoms with van der Waals surface area (Å²) in [5.41, 5.74) is 4.30. The fourth-order valence-electron chi connectivity index (χ4n) is 4.25. The van der Waals surface area contributed by atoms with E-state index in [4.69, 9.17) is 21.1 Å². The molecule has 0 atom stereocenters. The number of hydrogen-bond donors (Lipinski definition) is 1. The zero-order valence-electron chi connectivity index (χ0n) is 21.7. The number of carbonyl (C=O) groups excluding carboxylic acids is 1. The van der Waals surface area contributed by atoms with Crippen LogP contribution in [0.25, 0.3) is 11.3 Å². The Morgan fingerprint density at radius 1 is 1.08 bits per heavy atom. The number of ether oxygens (including phenoxy) is 2. The van der Waals surface area contributed by atoms with Crippen LogP contribution in [-0.4, -0.2) is 85.8 Å². The van der Waals surface area contributed by atoms with Crippen LogP contribution in [-0.2, 0) is 11.2 Å². The van der Waals surface area contributed by atoms with Crippen molar-refractivity contribution in [3.05, 3.63) is 70.2 Å². The van der Waals surface area contributed by atoms with Gasteiger partial charge in [-0.1, -0.05) is 29.8 Å². The van der Waals surface area contributed by atoms with Gasteiger partial charge in [0.25, 0.3) is 0 Å². The molecule has 0 spiro atoms. The maximum atomic E-state index is 12.7. The van der Waals surface area contributed by atoms with Gasteiger partial charge in [0, 0.05) is 55.9 Å². The fourth-order valence-corrected chi connectivity index (χ4v) is 4.47. The molecule has 1 aromatic heterocycles. The van der Waals surface area contributed by atoms with Crippen LogP contribution in [0.2, 0.25) is 5.02 Å². The molecule has 2 aromatic carbocycles. The molecule has 8 nitrogen and oxygen atoms in total. The van der Waals surface area contributed by atoms with E-state index >= 15 is 0 Å². The molecule has 1 N–H and O–H groups in total. The second-order valence-electron chi connectivity index (χ2n) is 9.23. The number of aryl methyl sites for hydroxylation is 1. The van der Waals surface area contributed by atoms with E-state index in [1.54, 1.807) is 12.1 Å². The Hall–Kier alpha value is -3.20. The molecule has 0 amide bonds. The average Bonchev–Trinajstić information content (AvgIpc) is 2.91. The molecule has 0 bridgehead atoms. The van der Waals surface area contributed by atoms with Gasteiger partial charge in [-0.15, -0.1) is 0 Å². The molecule has 1 aliphatic rings. The molecular formula is C28H34ClN5O3. The van der Waals surface area contributed by atoms with Crippen LogP contribution in [0.5, 0.6) is 6.01 Å². The van der Waals surface area contributed by atoms with E-state index in [-0.39, 0.29) is 12.0 Å². The molecule has 37 heavy (non-hydrogen) atoms. The highest BCUT2D eigenvalue weighted by Gasteiger charge is 2.15. The lowest BCUT2D eigenvalue weighted by atomic mass is 10.1. The number of carbonyl (C=O) groups is 1. The van der Waals surface area contributed by atoms with E-state index in [9.17, 15) is 4.79 Å². The minimum atomic E-state index is -0.339. The molecule has 0 unspecified atom stereocenters. The number of methoxy groups -OCH3 is 1. The molecule has 0 radical (unpaired) electrons. The molecule has 0 aliphatic carbocycles. The number of esters is 1. The molecule has 4 rings (SSSR count). The Morgan fingerprint density at radius 2 is 1.89 bits per heavy atom. The smallest absolute Gasteiger partial charge is 0.338 e. The van der Waals surface area contributed by atoms with Gasteiger partial charge in [-0.05, 0) is 55.8 Å². The summed E-state index contributed by atoms with van der Waals surface area (Å²) in [7, 11) is 3.66. The summed E-state index contributed by atoms with van der Waals surface area (Å²) in [5, 5.41) is 4.09. The second kappa shape index (κ2) is 12.9. The first kappa shape index (κ1) is 26.9. The summed E-state index contributed by atoms with van der Waals surface area (Å²) in [6.45, 7) is 7.91. The monoisotopic (exact) mass is 523 g/mol. The predicted molar refractivity (Wildman–Crippen MR) is 147 cm³/mol. The third kappa shape index (κ3) is 7.64. The van der Waals surface area contributed by atoms with Gasteiger partial charge in [-0.3, -0.25) is 4.90 Å². The summed E-state index contributed by atoms with van der Waals surface area (Å²) in [6, 6.07) is 15.3. The number of piperazine rings is 1. The van der Waals surface area contributed by atoms with Crippen molar-refractivity contribution in [3.63, 3.8) is 0 Å². The van der Waals surface area contributed by atoms with Crippen molar-refractivity contribution in [2.24, 2.45) is 0 Å². The molecule has 2 heterocycles. The number of likely N-dealkylation sites (N-methyl/N-ethyl adjacent to an activating group) is 1. The van der Waals surface area contributed by atoms with E-state index in [0.29, 0.717) is 30.2 Å². The lowest BCUT2D eigenvalue weighted by molar-refractivity contribution is 0.0432. The minimum absolute atomic E-state index is 0.253. The van der Waals surface area contributed by atoms with Gasteiger partial charge in [0.15, 0.2) is 0 Å². The number of halogens is 1. The van der Waals surface area contributed by atoms with Gasteiger partial charge in [-0.2, -0.15) is 9.97 Å². The van der Waals surface area contributed by atoms with E-state index in [0.717, 1.165) is 55.3 Å². The summed E-state index contributed by atoms with van der Waals surface area (Å²) >= 11 is 6.07. The number of nitrogens with one attached hydrogen (secondary N) is 1. The Morgan fingerprint density at radius 3 is 2.65 bits per heavy atom. The molecule has 1 aliphatic heterocycles. The summed E-state index contributed by atoms with van der Waals surface area (Å²) < 4.78 is 10.9. The molecule has 1 fully saturated rings. The van der Waals surface area contributed by atoms with Crippen molar-refractivity contribution in [1.82, 2.24) is 19.8 Å². The molecular weight excluding hydrogens is 490 g/mol. The maximum absolute atomic E-state index is 12.7. The van der Waals surface area contributed by atoms with Crippen LogP contribution in [0.3, 0.4) is 0 Å². The standard InChI is InChI=1S/C28H34ClN5O3/c1-20-17-24(29)8-7-21(20)9-10-30-26-19-25(31-28(32-26)36-3)22-5-4-6-23(18-22)27(35)37-16-15-34-13-11-33(2)12-14-34/h4-8,17-19H,9-16H2,1-3H3,(H,30,31,32). The zero-order chi connectivity index (χ0) is 26.2. The van der Waals surface area contributed by atoms with Gasteiger partial charge < -0.3 is 19.7 Å². The Kier molecular flexibility index (Phi) is 9.33. The lowest BCUT2D eigenvalue weighted by Crippen LogP contribution is -2.45. The van der Waals surface area contributed by atoms with Gasteiger partial charge in [0.1, 0.15) is 12.4 Å². The fraction of sp³-hybridized carbons (Fsp3) is 0.393. The number of anilines is 1. The van der Waals surface area contributed by atoms with E-state index in [1.165, 1.54) is 12.7 Å². The zero-order valence-corrected chi connectivity index (χ0v) is 22.4. The topological polar surface area (TPSA) is 79.8 Å². The molecule has 0 saturated carbocycles. The number of aromatic nitrogens is 2. The lowest BCUT2D eigenvalue weighted by Gasteiger charge is -2.32. The SMILES string of the molecule is COc1nc(NCCc2ccc(Cl)cc2C)cc(-c2cccc(C(=O)OCCN3CCN(C)CC3)c2)n1. The number of rotatable bonds is 10. The van der Waals surface area contributed by atoms with Crippen molar-refractivity contribution in [2.75, 3.05) is 65.3 Å². The number of benzene rings is 2. The highest BCUT2D eigenvalue weighted by atomic mass is 35.5. The first-order chi connectivity index (χ1) is 17.9. The van der Waals surface area contributed by atoms with Crippen LogP contribution >= 0.6 is 11.6 Å². The van der Waals surface area contributed by atoms with Gasteiger partial charge in [0.2, 0.25) is 0 Å². The van der Waals surface area contributed by atoms with Gasteiger partial charge in [0.05, 0.1) is 18.4 Å². The Balaban J connectivity index is 1.38. The summed E-state index contributed by atoms with van der Waals surface area (Å²) in [6.07, 6.45) is 0.820. The molecule has 9 heteroatoms. The maximum Gasteiger partial charge on any atom is 0.338 e. The van der Waals surface area contributed by atoms with Crippen LogP contribution < -0.4 is 10.1 Å². The van der Waals surface area contributed by atoms with Crippen LogP contribution in [0.15, 0.2) is 48.5 Å². The van der Waals surface area contributed by atoms with Crippen LogP contribution in [0.1, 0.15) is 21.5 Å². The quantitative estimate of drug-likeness (QED) is 0.397. The molecule has 1 saturated heterocycles. The summed E-state index contributed by atoms with van der Waals surface area (Å²) in [5.74, 6) is 0.308. The first-order valence-electron chi connectivity index (χ1n) is 12.5. The van der Waals surface area contributed by atoms with Crippen molar-refractivity contribution < 1.29 is 14.3 Å². The third-order valence-electron chi connectivity index (χ3n) is 6.52. The van der Waals surface area contributed by atoms with E-state index in [1.807, 2.05) is 36.4 Å². The molecule has 3 aromatic rings. The highest BCUT2D eigenvalue weighted by Crippen LogP contribution is 2.24. The van der Waals surface area contributed by atoms with Crippen molar-refractivity contribution in [2.45, 2.75) is 13.3 Å². The molecule has 196 valence electrons. The van der Waals surface area contributed by atoms with E-state index in [2.05, 4.69) is 39.1 Å². The van der Waals surface area contributed by atoms with E-state index < -0.39 is 0 Å². The van der Waals surface area contributed by atoms with Crippen molar-refractivity contribution >= 4 is 23.4 Å². The third-order valence-corrected chi connectivity index (χ3v) is 6.76. The Labute approximate surface area is 223 Å². The van der Waals surface area contributed by atoms with Crippen LogP contribution in [0, 0.1) is 6.92 Å². The number of hydrogen-bond acceptors (Lipinski definition) is 8. The van der Waals surface area contributed by atoms with Gasteiger partial charge >= 0.3 is 12.0 Å². The van der Waals surface area contributed by atoms with Crippen LogP contribution in [0.4, 0.5) is 5.82 Å². The van der Waals surface area contributed by atoms with Crippen molar-refractivity contribution in [1.29, 1.82) is 0 Å². The Bertz CT molecular complexity index is 1210. The average molecular weight is 524 g/mol. The number of nitrogens with zero attached hydrogens (tertiary/aromatic N) is 4. The first-order valence-corrected chi connectivity index (χ1v) is 12.9. The van der Waals surface area contributed by atoms with Gasteiger partial charge in [-0.25, -0.2) is 4.79 Å². The second-order valence-corrected chi connectivity index (χ2v) is 9.67. The minimum Gasteiger partial charge on any atom is -0.467 e. The highest BCUT2D eigenvalue weighted by molar-refractivity contribution is 6.30. The van der Waals surface area contributed by atoms with Crippen molar-refractivity contribution in [3.8, 4) is 17.3 Å². The summed E-state index contributed by atoms with van der Waals surface area (Å²) in [4.78, 5) is 26.3. The predicted octanol–water partition coefficient (Wildman–Crippen LogP) is 4.17. The normalized spacial score (nSPS) is 14.4.